The second-order valence-corrected chi connectivity index (χ2v) is 9.52. The summed E-state index contributed by atoms with van der Waals surface area (Å²) in [5.41, 5.74) is 0.858. The van der Waals surface area contributed by atoms with Gasteiger partial charge in [-0.3, -0.25) is 4.90 Å². The maximum atomic E-state index is 12.8. The van der Waals surface area contributed by atoms with E-state index >= 15 is 0 Å². The molecule has 0 radical (unpaired) electrons. The van der Waals surface area contributed by atoms with Crippen molar-refractivity contribution in [3.63, 3.8) is 0 Å². The summed E-state index contributed by atoms with van der Waals surface area (Å²) in [5.74, 6) is 0. The fourth-order valence-electron chi connectivity index (χ4n) is 2.82. The first-order valence-electron chi connectivity index (χ1n) is 7.89. The second-order valence-electron chi connectivity index (χ2n) is 5.96. The van der Waals surface area contributed by atoms with Crippen LogP contribution >= 0.6 is 58.8 Å². The molecule has 0 amide bonds. The number of nitrogens with zero attached hydrogens (tertiary/aromatic N) is 2. The predicted molar refractivity (Wildman–Crippen MR) is 114 cm³/mol. The van der Waals surface area contributed by atoms with Gasteiger partial charge < -0.3 is 0 Å². The van der Waals surface area contributed by atoms with E-state index in [2.05, 4.69) is 4.90 Å². The number of hydrogen-bond acceptors (Lipinski definition) is 3. The van der Waals surface area contributed by atoms with Gasteiger partial charge in [0.2, 0.25) is 10.0 Å². The first-order valence-corrected chi connectivity index (χ1v) is 10.8. The molecule has 0 saturated carbocycles. The van der Waals surface area contributed by atoms with Crippen molar-refractivity contribution in [2.45, 2.75) is 11.4 Å². The monoisotopic (exact) mass is 488 g/mol. The third-order valence-electron chi connectivity index (χ3n) is 4.30. The van der Waals surface area contributed by atoms with Crippen molar-refractivity contribution in [3.8, 4) is 0 Å². The number of halogens is 5. The van der Waals surface area contributed by atoms with Crippen LogP contribution in [-0.4, -0.2) is 43.8 Å². The zero-order valence-corrected chi connectivity index (χ0v) is 18.7. The van der Waals surface area contributed by atoms with Crippen LogP contribution in [0.3, 0.4) is 0 Å². The maximum Gasteiger partial charge on any atom is 0.243 e. The molecule has 0 bridgehead atoms. The maximum absolute atomic E-state index is 12.8. The Morgan fingerprint density at radius 3 is 1.96 bits per heavy atom. The molecule has 4 nitrogen and oxygen atoms in total. The van der Waals surface area contributed by atoms with E-state index in [1.54, 1.807) is 18.2 Å². The van der Waals surface area contributed by atoms with Crippen LogP contribution in [0.4, 0.5) is 0 Å². The number of rotatable bonds is 4. The molecule has 27 heavy (non-hydrogen) atoms. The highest BCUT2D eigenvalue weighted by Gasteiger charge is 2.29. The lowest BCUT2D eigenvalue weighted by Gasteiger charge is -2.34. The minimum atomic E-state index is -3.60. The molecular formula is C17H17Cl5N2O2S. The quantitative estimate of drug-likeness (QED) is 0.589. The first-order chi connectivity index (χ1) is 12.3. The minimum Gasteiger partial charge on any atom is -0.296 e. The van der Waals surface area contributed by atoms with Crippen molar-refractivity contribution in [1.29, 1.82) is 0 Å². The Morgan fingerprint density at radius 1 is 0.815 bits per heavy atom. The highest BCUT2D eigenvalue weighted by molar-refractivity contribution is 7.89. The third-order valence-corrected chi connectivity index (χ3v) is 7.65. The van der Waals surface area contributed by atoms with Gasteiger partial charge in [-0.1, -0.05) is 52.5 Å². The lowest BCUT2D eigenvalue weighted by atomic mass is 10.2. The van der Waals surface area contributed by atoms with Crippen LogP contribution < -0.4 is 0 Å². The van der Waals surface area contributed by atoms with Crippen LogP contribution in [-0.2, 0) is 16.6 Å². The molecule has 1 saturated heterocycles. The van der Waals surface area contributed by atoms with Gasteiger partial charge in [-0.25, -0.2) is 8.42 Å². The van der Waals surface area contributed by atoms with Crippen LogP contribution in [0, 0.1) is 0 Å². The molecule has 2 aromatic carbocycles. The van der Waals surface area contributed by atoms with Gasteiger partial charge >= 0.3 is 0 Å². The van der Waals surface area contributed by atoms with Crippen molar-refractivity contribution in [1.82, 2.24) is 9.21 Å². The Bertz CT molecular complexity index is 895. The summed E-state index contributed by atoms with van der Waals surface area (Å²) in [6.45, 7) is 2.51. The van der Waals surface area contributed by atoms with Gasteiger partial charge in [0.05, 0.1) is 14.9 Å². The van der Waals surface area contributed by atoms with Gasteiger partial charge in [0.1, 0.15) is 0 Å². The minimum absolute atomic E-state index is 0. The third kappa shape index (κ3) is 5.22. The molecule has 1 heterocycles. The van der Waals surface area contributed by atoms with Gasteiger partial charge in [-0.15, -0.1) is 12.4 Å². The molecule has 1 aliphatic heterocycles. The molecule has 1 aliphatic rings. The van der Waals surface area contributed by atoms with Gasteiger partial charge in [-0.2, -0.15) is 4.31 Å². The lowest BCUT2D eigenvalue weighted by Crippen LogP contribution is -2.48. The van der Waals surface area contributed by atoms with Crippen molar-refractivity contribution in [3.05, 3.63) is 62.1 Å². The molecule has 0 unspecified atom stereocenters. The van der Waals surface area contributed by atoms with Gasteiger partial charge in [-0.05, 0) is 30.3 Å². The normalized spacial score (nSPS) is 16.1. The van der Waals surface area contributed by atoms with Crippen molar-refractivity contribution >= 4 is 68.8 Å². The highest BCUT2D eigenvalue weighted by atomic mass is 35.5. The Kier molecular flexibility index (Phi) is 8.11. The summed E-state index contributed by atoms with van der Waals surface area (Å²) < 4.78 is 27.0. The van der Waals surface area contributed by atoms with Crippen molar-refractivity contribution in [2.75, 3.05) is 26.2 Å². The average molecular weight is 491 g/mol. The van der Waals surface area contributed by atoms with E-state index in [0.29, 0.717) is 47.8 Å². The van der Waals surface area contributed by atoms with Crippen LogP contribution in [0.2, 0.25) is 20.1 Å². The van der Waals surface area contributed by atoms with E-state index in [-0.39, 0.29) is 22.3 Å². The first kappa shape index (κ1) is 23.0. The van der Waals surface area contributed by atoms with E-state index in [4.69, 9.17) is 46.4 Å². The molecule has 1 fully saturated rings. The summed E-state index contributed by atoms with van der Waals surface area (Å²) in [6, 6.07) is 9.75. The Hall–Kier alpha value is -0.240. The van der Waals surface area contributed by atoms with E-state index in [0.717, 1.165) is 5.56 Å². The molecule has 0 spiro atoms. The largest absolute Gasteiger partial charge is 0.296 e. The van der Waals surface area contributed by atoms with Crippen LogP contribution in [0.1, 0.15) is 5.56 Å². The fourth-order valence-corrected chi connectivity index (χ4v) is 5.15. The number of piperazine rings is 1. The van der Waals surface area contributed by atoms with E-state index < -0.39 is 10.0 Å². The smallest absolute Gasteiger partial charge is 0.243 e. The fraction of sp³-hybridized carbons (Fsp3) is 0.294. The molecule has 0 aromatic heterocycles. The number of hydrogen-bond donors (Lipinski definition) is 0. The average Bonchev–Trinajstić information content (AvgIpc) is 2.61. The van der Waals surface area contributed by atoms with E-state index in [9.17, 15) is 8.42 Å². The number of sulfonamides is 1. The molecule has 0 aliphatic carbocycles. The molecule has 0 N–H and O–H groups in total. The van der Waals surface area contributed by atoms with Gasteiger partial charge in [0.15, 0.2) is 0 Å². The van der Waals surface area contributed by atoms with E-state index in [1.165, 1.54) is 22.5 Å². The summed E-state index contributed by atoms with van der Waals surface area (Å²) in [4.78, 5) is 2.28. The highest BCUT2D eigenvalue weighted by Crippen LogP contribution is 2.28. The van der Waals surface area contributed by atoms with Crippen molar-refractivity contribution in [2.24, 2.45) is 0 Å². The molecule has 2 aromatic rings. The second kappa shape index (κ2) is 9.51. The topological polar surface area (TPSA) is 40.6 Å². The molecule has 148 valence electrons. The molecule has 3 rings (SSSR count). The predicted octanol–water partition coefficient (Wildman–Crippen LogP) is 5.23. The summed E-state index contributed by atoms with van der Waals surface area (Å²) >= 11 is 24.3. The summed E-state index contributed by atoms with van der Waals surface area (Å²) in [5, 5.41) is 1.78. The molecule has 10 heteroatoms. The lowest BCUT2D eigenvalue weighted by molar-refractivity contribution is 0.181. The molecule has 0 atom stereocenters. The zero-order valence-electron chi connectivity index (χ0n) is 14.0. The molecular weight excluding hydrogens is 474 g/mol. The Labute approximate surface area is 185 Å². The van der Waals surface area contributed by atoms with Gasteiger partial charge in [0.25, 0.3) is 0 Å². The Morgan fingerprint density at radius 2 is 1.41 bits per heavy atom. The summed E-state index contributed by atoms with van der Waals surface area (Å²) in [6.07, 6.45) is 0. The van der Waals surface area contributed by atoms with Crippen LogP contribution in [0.5, 0.6) is 0 Å². The summed E-state index contributed by atoms with van der Waals surface area (Å²) in [7, 11) is -3.60. The van der Waals surface area contributed by atoms with Crippen LogP contribution in [0.15, 0.2) is 41.3 Å². The van der Waals surface area contributed by atoms with E-state index in [1.807, 2.05) is 0 Å². The standard InChI is InChI=1S/C17H16Cl4N2O2S.ClH/c18-14-2-1-3-15(19)13(14)11-22-6-8-23(9-7-22)26(24,25)12-4-5-16(20)17(21)10-12;/h1-5,10H,6-9,11H2;1H. The Balaban J connectivity index is 0.00000261. The zero-order chi connectivity index (χ0) is 18.9. The number of benzene rings is 2. The van der Waals surface area contributed by atoms with Gasteiger partial charge in [0, 0.05) is 48.3 Å². The SMILES string of the molecule is Cl.O=S(=O)(c1ccc(Cl)c(Cl)c1)N1CCN(Cc2c(Cl)cccc2Cl)CC1. The van der Waals surface area contributed by atoms with Crippen molar-refractivity contribution < 1.29 is 8.42 Å². The van der Waals surface area contributed by atoms with Crippen LogP contribution in [0.25, 0.3) is 0 Å².